The van der Waals surface area contributed by atoms with Crippen LogP contribution < -0.4 is 4.74 Å². The van der Waals surface area contributed by atoms with Crippen LogP contribution >= 0.6 is 22.9 Å². The number of hydrogen-bond donors (Lipinski definition) is 0. The molecule has 120 valence electrons. The Morgan fingerprint density at radius 1 is 1.12 bits per heavy atom. The van der Waals surface area contributed by atoms with Gasteiger partial charge >= 0.3 is 0 Å². The van der Waals surface area contributed by atoms with E-state index in [4.69, 9.17) is 16.3 Å². The molecule has 0 spiro atoms. The number of halogens is 2. The first-order valence-corrected chi connectivity index (χ1v) is 8.17. The molecule has 0 aliphatic carbocycles. The van der Waals surface area contributed by atoms with Crippen LogP contribution in [0.15, 0.2) is 42.5 Å². The predicted octanol–water partition coefficient (Wildman–Crippen LogP) is 4.32. The van der Waals surface area contributed by atoms with Gasteiger partial charge in [0, 0.05) is 10.6 Å². The SMILES string of the molecule is COc1ccc(Cl)cc1-c1nnc2sc(-c3ccc(F)cc3)nn12. The molecule has 4 rings (SSSR count). The summed E-state index contributed by atoms with van der Waals surface area (Å²) >= 11 is 7.46. The molecular weight excluding hydrogens is 351 g/mol. The number of aromatic nitrogens is 4. The maximum absolute atomic E-state index is 13.1. The van der Waals surface area contributed by atoms with E-state index in [0.29, 0.717) is 27.1 Å². The number of rotatable bonds is 3. The van der Waals surface area contributed by atoms with Crippen LogP contribution in [0.5, 0.6) is 5.75 Å². The lowest BCUT2D eigenvalue weighted by molar-refractivity contribution is 0.416. The summed E-state index contributed by atoms with van der Waals surface area (Å²) in [6.45, 7) is 0. The Morgan fingerprint density at radius 3 is 2.67 bits per heavy atom. The number of nitrogens with zero attached hydrogens (tertiary/aromatic N) is 4. The van der Waals surface area contributed by atoms with Gasteiger partial charge in [0.25, 0.3) is 0 Å². The van der Waals surface area contributed by atoms with Crippen LogP contribution in [0, 0.1) is 5.82 Å². The summed E-state index contributed by atoms with van der Waals surface area (Å²) in [5.41, 5.74) is 1.52. The second-order valence-corrected chi connectivity index (χ2v) is 6.37. The van der Waals surface area contributed by atoms with Crippen molar-refractivity contribution in [1.82, 2.24) is 19.8 Å². The molecule has 8 heteroatoms. The molecule has 5 nitrogen and oxygen atoms in total. The Hall–Kier alpha value is -2.51. The molecule has 0 N–H and O–H groups in total. The molecule has 0 aliphatic rings. The largest absolute Gasteiger partial charge is 0.496 e. The standard InChI is InChI=1S/C16H10ClFN4OS/c1-23-13-7-4-10(17)8-12(13)14-19-20-16-22(14)21-15(24-16)9-2-5-11(18)6-3-9/h2-8H,1H3. The molecule has 2 aromatic carbocycles. The van der Waals surface area contributed by atoms with Gasteiger partial charge in [-0.25, -0.2) is 4.39 Å². The lowest BCUT2D eigenvalue weighted by atomic mass is 10.2. The topological polar surface area (TPSA) is 52.3 Å². The molecule has 0 unspecified atom stereocenters. The average Bonchev–Trinajstić information content (AvgIpc) is 3.16. The van der Waals surface area contributed by atoms with Crippen molar-refractivity contribution in [2.24, 2.45) is 0 Å². The molecule has 0 atom stereocenters. The van der Waals surface area contributed by atoms with E-state index < -0.39 is 0 Å². The van der Waals surface area contributed by atoms with Gasteiger partial charge < -0.3 is 4.74 Å². The van der Waals surface area contributed by atoms with Gasteiger partial charge in [0.05, 0.1) is 12.7 Å². The summed E-state index contributed by atoms with van der Waals surface area (Å²) in [5, 5.41) is 14.2. The van der Waals surface area contributed by atoms with Crippen molar-refractivity contribution in [3.05, 3.63) is 53.3 Å². The van der Waals surface area contributed by atoms with E-state index in [1.165, 1.54) is 23.5 Å². The van der Waals surface area contributed by atoms with E-state index in [-0.39, 0.29) is 5.82 Å². The average molecular weight is 361 g/mol. The third-order valence-corrected chi connectivity index (χ3v) is 4.67. The van der Waals surface area contributed by atoms with Gasteiger partial charge in [-0.15, -0.1) is 10.2 Å². The lowest BCUT2D eigenvalue weighted by Gasteiger charge is -2.06. The van der Waals surface area contributed by atoms with Gasteiger partial charge in [0.2, 0.25) is 4.96 Å². The van der Waals surface area contributed by atoms with Crippen molar-refractivity contribution in [1.29, 1.82) is 0 Å². The van der Waals surface area contributed by atoms with Crippen LogP contribution in [0.3, 0.4) is 0 Å². The zero-order valence-corrected chi connectivity index (χ0v) is 14.0. The number of hydrogen-bond acceptors (Lipinski definition) is 5. The number of fused-ring (bicyclic) bond motifs is 1. The highest BCUT2D eigenvalue weighted by molar-refractivity contribution is 7.19. The highest BCUT2D eigenvalue weighted by Gasteiger charge is 2.18. The molecule has 2 heterocycles. The number of ether oxygens (including phenoxy) is 1. The van der Waals surface area contributed by atoms with Crippen LogP contribution in [0.25, 0.3) is 26.9 Å². The molecular formula is C16H10ClFN4OS. The first-order chi connectivity index (χ1) is 11.7. The van der Waals surface area contributed by atoms with E-state index in [1.54, 1.807) is 42.0 Å². The minimum absolute atomic E-state index is 0.286. The monoisotopic (exact) mass is 360 g/mol. The molecule has 4 aromatic rings. The van der Waals surface area contributed by atoms with Gasteiger partial charge in [0.15, 0.2) is 5.82 Å². The molecule has 24 heavy (non-hydrogen) atoms. The fraction of sp³-hybridized carbons (Fsp3) is 0.0625. The summed E-state index contributed by atoms with van der Waals surface area (Å²) in [6, 6.07) is 11.4. The van der Waals surface area contributed by atoms with Crippen molar-refractivity contribution < 1.29 is 9.13 Å². The third kappa shape index (κ3) is 2.51. The molecule has 0 amide bonds. The molecule has 0 fully saturated rings. The Kier molecular flexibility index (Phi) is 3.66. The summed E-state index contributed by atoms with van der Waals surface area (Å²) < 4.78 is 20.1. The van der Waals surface area contributed by atoms with E-state index in [1.807, 2.05) is 0 Å². The van der Waals surface area contributed by atoms with Crippen LogP contribution in [0.4, 0.5) is 4.39 Å². The zero-order valence-electron chi connectivity index (χ0n) is 12.4. The Labute approximate surface area is 145 Å². The summed E-state index contributed by atoms with van der Waals surface area (Å²) in [6.07, 6.45) is 0. The van der Waals surface area contributed by atoms with Gasteiger partial charge in [-0.05, 0) is 42.5 Å². The zero-order chi connectivity index (χ0) is 16.7. The minimum Gasteiger partial charge on any atom is -0.496 e. The van der Waals surface area contributed by atoms with Crippen LogP contribution in [-0.4, -0.2) is 26.9 Å². The van der Waals surface area contributed by atoms with Gasteiger partial charge in [-0.3, -0.25) is 0 Å². The smallest absolute Gasteiger partial charge is 0.235 e. The van der Waals surface area contributed by atoms with Crippen molar-refractivity contribution >= 4 is 27.9 Å². The van der Waals surface area contributed by atoms with E-state index in [0.717, 1.165) is 10.6 Å². The van der Waals surface area contributed by atoms with Crippen LogP contribution in [-0.2, 0) is 0 Å². The fourth-order valence-electron chi connectivity index (χ4n) is 2.35. The fourth-order valence-corrected chi connectivity index (χ4v) is 3.37. The van der Waals surface area contributed by atoms with Crippen molar-refractivity contribution in [3.8, 4) is 27.7 Å². The van der Waals surface area contributed by atoms with E-state index in [9.17, 15) is 4.39 Å². The Morgan fingerprint density at radius 2 is 1.92 bits per heavy atom. The van der Waals surface area contributed by atoms with Crippen molar-refractivity contribution in [2.75, 3.05) is 7.11 Å². The Bertz CT molecular complexity index is 1030. The highest BCUT2D eigenvalue weighted by atomic mass is 35.5. The van der Waals surface area contributed by atoms with Gasteiger partial charge in [-0.1, -0.05) is 22.9 Å². The van der Waals surface area contributed by atoms with Crippen LogP contribution in [0.2, 0.25) is 5.02 Å². The minimum atomic E-state index is -0.286. The number of benzene rings is 2. The first kappa shape index (κ1) is 15.0. The van der Waals surface area contributed by atoms with Gasteiger partial charge in [0.1, 0.15) is 16.6 Å². The second-order valence-electron chi connectivity index (χ2n) is 4.98. The summed E-state index contributed by atoms with van der Waals surface area (Å²) in [5.74, 6) is 0.880. The molecule has 2 aromatic heterocycles. The molecule has 0 saturated carbocycles. The molecule has 0 saturated heterocycles. The van der Waals surface area contributed by atoms with Crippen molar-refractivity contribution in [3.63, 3.8) is 0 Å². The lowest BCUT2D eigenvalue weighted by Crippen LogP contribution is -1.94. The van der Waals surface area contributed by atoms with Crippen molar-refractivity contribution in [2.45, 2.75) is 0 Å². The summed E-state index contributed by atoms with van der Waals surface area (Å²) in [4.78, 5) is 0.631. The normalized spacial score (nSPS) is 11.1. The Balaban J connectivity index is 1.86. The first-order valence-electron chi connectivity index (χ1n) is 6.98. The molecule has 0 aliphatic heterocycles. The second kappa shape index (κ2) is 5.85. The highest BCUT2D eigenvalue weighted by Crippen LogP contribution is 2.33. The van der Waals surface area contributed by atoms with E-state index in [2.05, 4.69) is 15.3 Å². The van der Waals surface area contributed by atoms with E-state index >= 15 is 0 Å². The summed E-state index contributed by atoms with van der Waals surface area (Å²) in [7, 11) is 1.58. The predicted molar refractivity (Wildman–Crippen MR) is 91.1 cm³/mol. The maximum Gasteiger partial charge on any atom is 0.235 e. The van der Waals surface area contributed by atoms with Crippen LogP contribution in [0.1, 0.15) is 0 Å². The third-order valence-electron chi connectivity index (χ3n) is 3.48. The molecule has 0 radical (unpaired) electrons. The van der Waals surface area contributed by atoms with Gasteiger partial charge in [-0.2, -0.15) is 9.61 Å². The molecule has 0 bridgehead atoms. The maximum atomic E-state index is 13.1. The number of methoxy groups -OCH3 is 1. The quantitative estimate of drug-likeness (QED) is 0.546.